The molecule has 1 aromatic rings. The molecule has 104 valence electrons. The largest absolute Gasteiger partial charge is 0.394 e. The van der Waals surface area contributed by atoms with E-state index in [1.54, 1.807) is 0 Å². The van der Waals surface area contributed by atoms with Gasteiger partial charge in [-0.3, -0.25) is 14.3 Å². The third-order valence-corrected chi connectivity index (χ3v) is 3.16. The van der Waals surface area contributed by atoms with Gasteiger partial charge in [0.1, 0.15) is 12.3 Å². The van der Waals surface area contributed by atoms with E-state index in [0.29, 0.717) is 0 Å². The molecule has 0 aromatic carbocycles. The number of aliphatic hydroxyl groups is 2. The number of H-pyrrole nitrogens is 1. The number of rotatable bonds is 3. The number of hydrogen-bond acceptors (Lipinski definition) is 5. The normalized spacial score (nSPS) is 26.6. The van der Waals surface area contributed by atoms with Gasteiger partial charge in [0.25, 0.3) is 5.56 Å². The van der Waals surface area contributed by atoms with E-state index in [0.717, 1.165) is 4.57 Å². The highest BCUT2D eigenvalue weighted by Crippen LogP contribution is 2.27. The molecule has 0 spiro atoms. The Kier molecular flexibility index (Phi) is 3.91. The van der Waals surface area contributed by atoms with Crippen molar-refractivity contribution in [3.63, 3.8) is 0 Å². The fourth-order valence-electron chi connectivity index (χ4n) is 1.94. The van der Waals surface area contributed by atoms with Crippen LogP contribution in [0.1, 0.15) is 18.2 Å². The molecule has 3 N–H and O–H groups in total. The number of ether oxygens (including phenoxy) is 1. The van der Waals surface area contributed by atoms with Gasteiger partial charge in [-0.1, -0.05) is 18.2 Å². The molecule has 0 bridgehead atoms. The smallest absolute Gasteiger partial charge is 0.330 e. The van der Waals surface area contributed by atoms with E-state index < -0.39 is 29.7 Å². The van der Waals surface area contributed by atoms with Crippen molar-refractivity contribution in [2.75, 3.05) is 6.61 Å². The molecule has 8 heteroatoms. The van der Waals surface area contributed by atoms with Crippen molar-refractivity contribution in [3.05, 3.63) is 39.2 Å². The molecular weight excluding hydrogens is 276 g/mol. The molecule has 1 aliphatic rings. The Morgan fingerprint density at radius 3 is 2.84 bits per heavy atom. The maximum atomic E-state index is 11.7. The SMILES string of the molecule is C=C(Cl)c1cn([C@@H]2CC(O)[C@H](CO)O2)c(=O)[nH]c1=O. The molecule has 2 rings (SSSR count). The van der Waals surface area contributed by atoms with Crippen LogP contribution in [-0.2, 0) is 4.74 Å². The molecule has 7 nitrogen and oxygen atoms in total. The molecule has 1 saturated heterocycles. The van der Waals surface area contributed by atoms with Crippen molar-refractivity contribution in [2.24, 2.45) is 0 Å². The Hall–Kier alpha value is -1.41. The van der Waals surface area contributed by atoms with Gasteiger partial charge < -0.3 is 14.9 Å². The Bertz CT molecular complexity index is 608. The van der Waals surface area contributed by atoms with E-state index in [9.17, 15) is 14.7 Å². The third-order valence-electron chi connectivity index (χ3n) is 2.95. The average molecular weight is 289 g/mol. The first-order valence-corrected chi connectivity index (χ1v) is 5.96. The van der Waals surface area contributed by atoms with Gasteiger partial charge in [0.15, 0.2) is 0 Å². The minimum absolute atomic E-state index is 0.00717. The van der Waals surface area contributed by atoms with Crippen LogP contribution in [0.3, 0.4) is 0 Å². The first-order chi connectivity index (χ1) is 8.93. The quantitative estimate of drug-likeness (QED) is 0.688. The van der Waals surface area contributed by atoms with E-state index in [-0.39, 0.29) is 23.6 Å². The van der Waals surface area contributed by atoms with Crippen molar-refractivity contribution in [2.45, 2.75) is 24.9 Å². The Morgan fingerprint density at radius 2 is 2.32 bits per heavy atom. The van der Waals surface area contributed by atoms with Gasteiger partial charge in [0.05, 0.1) is 18.3 Å². The Morgan fingerprint density at radius 1 is 1.63 bits per heavy atom. The molecule has 2 heterocycles. The Balaban J connectivity index is 2.41. The van der Waals surface area contributed by atoms with Crippen molar-refractivity contribution in [1.29, 1.82) is 0 Å². The van der Waals surface area contributed by atoms with Crippen LogP contribution in [0.2, 0.25) is 0 Å². The maximum Gasteiger partial charge on any atom is 0.330 e. The molecule has 0 amide bonds. The summed E-state index contributed by atoms with van der Waals surface area (Å²) in [6, 6.07) is 0. The molecule has 0 saturated carbocycles. The highest BCUT2D eigenvalue weighted by atomic mass is 35.5. The van der Waals surface area contributed by atoms with Crippen molar-refractivity contribution >= 4 is 16.6 Å². The molecule has 0 aliphatic carbocycles. The zero-order valence-electron chi connectivity index (χ0n) is 9.88. The zero-order chi connectivity index (χ0) is 14.2. The number of aromatic amines is 1. The standard InChI is InChI=1S/C11H13ClN2O5/c1-5(12)6-3-14(11(18)13-10(6)17)9-2-7(16)8(4-15)19-9/h3,7-9,15-16H,1-2,4H2,(H,13,17,18)/t7?,8-,9-/m0/s1. The number of hydrogen-bond donors (Lipinski definition) is 3. The van der Waals surface area contributed by atoms with Gasteiger partial charge in [-0.25, -0.2) is 4.79 Å². The van der Waals surface area contributed by atoms with Crippen LogP contribution in [0.4, 0.5) is 0 Å². The fraction of sp³-hybridized carbons (Fsp3) is 0.455. The number of halogens is 1. The van der Waals surface area contributed by atoms with E-state index >= 15 is 0 Å². The van der Waals surface area contributed by atoms with E-state index in [1.807, 2.05) is 0 Å². The second-order valence-electron chi connectivity index (χ2n) is 4.23. The monoisotopic (exact) mass is 288 g/mol. The van der Waals surface area contributed by atoms with Gasteiger partial charge in [-0.15, -0.1) is 0 Å². The molecule has 1 aromatic heterocycles. The average Bonchev–Trinajstić information content (AvgIpc) is 2.69. The predicted molar refractivity (Wildman–Crippen MR) is 67.8 cm³/mol. The van der Waals surface area contributed by atoms with Crippen LogP contribution in [0, 0.1) is 0 Å². The van der Waals surface area contributed by atoms with Crippen LogP contribution in [0.15, 0.2) is 22.4 Å². The lowest BCUT2D eigenvalue weighted by Gasteiger charge is -2.15. The zero-order valence-corrected chi connectivity index (χ0v) is 10.6. The van der Waals surface area contributed by atoms with Crippen molar-refractivity contribution in [1.82, 2.24) is 9.55 Å². The van der Waals surface area contributed by atoms with Crippen molar-refractivity contribution < 1.29 is 14.9 Å². The second-order valence-corrected chi connectivity index (χ2v) is 4.69. The minimum atomic E-state index is -0.878. The van der Waals surface area contributed by atoms with Crippen molar-refractivity contribution in [3.8, 4) is 0 Å². The molecule has 1 unspecified atom stereocenters. The number of nitrogens with zero attached hydrogens (tertiary/aromatic N) is 1. The van der Waals surface area contributed by atoms with E-state index in [1.165, 1.54) is 6.20 Å². The summed E-state index contributed by atoms with van der Waals surface area (Å²) < 4.78 is 6.45. The third kappa shape index (κ3) is 2.64. The minimum Gasteiger partial charge on any atom is -0.394 e. The number of aliphatic hydroxyl groups excluding tert-OH is 2. The summed E-state index contributed by atoms with van der Waals surface area (Å²) in [7, 11) is 0. The van der Waals surface area contributed by atoms with Crippen LogP contribution < -0.4 is 11.2 Å². The Labute approximate surface area is 112 Å². The number of aromatic nitrogens is 2. The topological polar surface area (TPSA) is 105 Å². The molecular formula is C11H13ClN2O5. The molecule has 19 heavy (non-hydrogen) atoms. The van der Waals surface area contributed by atoms with Gasteiger partial charge in [-0.2, -0.15) is 0 Å². The lowest BCUT2D eigenvalue weighted by atomic mass is 10.2. The van der Waals surface area contributed by atoms with Crippen LogP contribution >= 0.6 is 11.6 Å². The van der Waals surface area contributed by atoms with E-state index in [2.05, 4.69) is 11.6 Å². The summed E-state index contributed by atoms with van der Waals surface area (Å²) in [5.41, 5.74) is -1.27. The lowest BCUT2D eigenvalue weighted by molar-refractivity contribution is -0.0459. The summed E-state index contributed by atoms with van der Waals surface area (Å²) in [5, 5.41) is 18.6. The molecule has 0 radical (unpaired) electrons. The number of nitrogens with one attached hydrogen (secondary N) is 1. The fourth-order valence-corrected chi connectivity index (χ4v) is 2.08. The highest BCUT2D eigenvalue weighted by Gasteiger charge is 2.35. The molecule has 1 aliphatic heterocycles. The first-order valence-electron chi connectivity index (χ1n) is 5.58. The second kappa shape index (κ2) is 5.30. The van der Waals surface area contributed by atoms with Crippen LogP contribution in [-0.4, -0.2) is 38.6 Å². The first kappa shape index (κ1) is 14.0. The van der Waals surface area contributed by atoms with E-state index in [4.69, 9.17) is 21.4 Å². The lowest BCUT2D eigenvalue weighted by Crippen LogP contribution is -2.33. The van der Waals surface area contributed by atoms with Gasteiger partial charge >= 0.3 is 5.69 Å². The van der Waals surface area contributed by atoms with Gasteiger partial charge in [-0.05, 0) is 0 Å². The summed E-state index contributed by atoms with van der Waals surface area (Å²) >= 11 is 5.66. The van der Waals surface area contributed by atoms with Crippen LogP contribution in [0.5, 0.6) is 0 Å². The maximum absolute atomic E-state index is 11.7. The molecule has 3 atom stereocenters. The van der Waals surface area contributed by atoms with Gasteiger partial charge in [0.2, 0.25) is 0 Å². The predicted octanol–water partition coefficient (Wildman–Crippen LogP) is -0.613. The summed E-state index contributed by atoms with van der Waals surface area (Å²) in [6.45, 7) is 3.07. The van der Waals surface area contributed by atoms with Crippen LogP contribution in [0.25, 0.3) is 5.03 Å². The van der Waals surface area contributed by atoms with Gasteiger partial charge in [0, 0.05) is 17.6 Å². The summed E-state index contributed by atoms with van der Waals surface area (Å²) in [6.07, 6.45) is -1.05. The molecule has 1 fully saturated rings. The highest BCUT2D eigenvalue weighted by molar-refractivity contribution is 6.48. The summed E-state index contributed by atoms with van der Waals surface area (Å²) in [5.74, 6) is 0. The summed E-state index contributed by atoms with van der Waals surface area (Å²) in [4.78, 5) is 25.3.